The molecule has 24 nitrogen and oxygen atoms in total. The second kappa shape index (κ2) is 36.1. The quantitative estimate of drug-likeness (QED) is 0.0394. The highest BCUT2D eigenvalue weighted by atomic mass is 32.2. The Morgan fingerprint density at radius 3 is 0.913 bits per heavy atom. The van der Waals surface area contributed by atoms with Gasteiger partial charge in [-0.05, 0) is 120 Å². The third-order valence-electron chi connectivity index (χ3n) is 18.2. The van der Waals surface area contributed by atoms with Crippen LogP contribution in [0.15, 0.2) is 42.4 Å². The molecule has 4 aromatic rings. The smallest absolute Gasteiger partial charge is 0.381 e. The molecule has 2 fully saturated rings. The Morgan fingerprint density at radius 2 is 0.644 bits per heavy atom. The lowest BCUT2D eigenvalue weighted by atomic mass is 9.92. The molecule has 0 aromatic carbocycles. The van der Waals surface area contributed by atoms with Gasteiger partial charge < -0.3 is 27.6 Å². The van der Waals surface area contributed by atoms with Crippen molar-refractivity contribution in [3.05, 3.63) is 58.6 Å². The van der Waals surface area contributed by atoms with E-state index >= 15 is 0 Å². The van der Waals surface area contributed by atoms with Gasteiger partial charge in [-0.3, -0.25) is 29.8 Å². The molecule has 0 bridgehead atoms. The van der Waals surface area contributed by atoms with Crippen LogP contribution in [-0.2, 0) is 80.1 Å². The normalized spacial score (nSPS) is 15.6. The van der Waals surface area contributed by atoms with E-state index in [4.69, 9.17) is 27.6 Å². The summed E-state index contributed by atoms with van der Waals surface area (Å²) in [5, 5.41) is 20.0. The number of hydrogen-bond donors (Lipinski definition) is 2. The van der Waals surface area contributed by atoms with E-state index in [1.807, 2.05) is 83.1 Å². The van der Waals surface area contributed by atoms with Gasteiger partial charge in [0.15, 0.2) is 39.3 Å². The lowest BCUT2D eigenvalue weighted by Gasteiger charge is -2.32. The zero-order valence-corrected chi connectivity index (χ0v) is 67.3. The van der Waals surface area contributed by atoms with E-state index in [-0.39, 0.29) is 119 Å². The van der Waals surface area contributed by atoms with Gasteiger partial charge in [-0.2, -0.15) is 26.3 Å². The minimum atomic E-state index is -4.39. The lowest BCUT2D eigenvalue weighted by Crippen LogP contribution is -2.42. The Morgan fingerprint density at radius 1 is 0.385 bits per heavy atom. The van der Waals surface area contributed by atoms with E-state index in [2.05, 4.69) is 31.3 Å². The van der Waals surface area contributed by atoms with Crippen LogP contribution in [0.2, 0.25) is 0 Å². The molecule has 6 rings (SSSR count). The molecular weight excluding hydrogens is 1460 g/mol. The molecule has 0 saturated carbocycles. The summed E-state index contributed by atoms with van der Waals surface area (Å²) in [4.78, 5) is 48.9. The monoisotopic (exact) mass is 1570 g/mol. The van der Waals surface area contributed by atoms with Gasteiger partial charge in [-0.15, -0.1) is 0 Å². The summed E-state index contributed by atoms with van der Waals surface area (Å²) in [6, 6.07) is 6.48. The van der Waals surface area contributed by atoms with Crippen molar-refractivity contribution in [3.63, 3.8) is 0 Å². The Hall–Kier alpha value is -5.58. The molecule has 0 radical (unpaired) electrons. The van der Waals surface area contributed by atoms with Crippen molar-refractivity contribution in [3.8, 4) is 0 Å². The molecule has 2 amide bonds. The molecule has 0 spiro atoms. The molecule has 4 aromatic heterocycles. The van der Waals surface area contributed by atoms with Gasteiger partial charge in [-0.1, -0.05) is 104 Å². The SMILES string of the molecule is CC(C)(C)c1cc(C(=O)CCC(C)(C)S(=O)(=O)C2CCOCC2)on1.CC(C)(C)c1cc(C(=O)CCC(C)(C)S(=O)(=O)CCCC(F)(F)F)on1.CC(C)(C)c1cc(NC(=O)CCC(C)(C)S(=O)(=O)C2CCOCC2)on1.CC(C)(C)c1cc(NC(=O)CCC(C)(C)S(=O)(=O)CCCC(F)(F)F)on1. The van der Waals surface area contributed by atoms with Crippen LogP contribution in [0.1, 0.15) is 285 Å². The Balaban J connectivity index is 0.000000360. The number of carbonyl (C=O) groups is 4. The molecule has 596 valence electrons. The van der Waals surface area contributed by atoms with Crippen molar-refractivity contribution < 1.29 is 107 Å². The fourth-order valence-electron chi connectivity index (χ4n) is 10.1. The minimum Gasteiger partial charge on any atom is -0.381 e. The maximum absolute atomic E-state index is 12.9. The Bertz CT molecular complexity index is 3920. The molecule has 34 heteroatoms. The topological polar surface area (TPSA) is 351 Å². The fourth-order valence-corrected chi connectivity index (χ4v) is 17.3. The van der Waals surface area contributed by atoms with Crippen LogP contribution in [0, 0.1) is 0 Å². The predicted molar refractivity (Wildman–Crippen MR) is 384 cm³/mol. The maximum Gasteiger partial charge on any atom is 0.389 e. The number of aromatic nitrogens is 4. The van der Waals surface area contributed by atoms with Crippen molar-refractivity contribution in [2.75, 3.05) is 48.6 Å². The highest BCUT2D eigenvalue weighted by molar-refractivity contribution is 7.94. The minimum absolute atomic E-state index is 0.00820. The van der Waals surface area contributed by atoms with Gasteiger partial charge in [0.05, 0.1) is 63.8 Å². The first kappa shape index (κ1) is 92.6. The molecule has 0 aliphatic carbocycles. The van der Waals surface area contributed by atoms with Crippen molar-refractivity contribution >= 4 is 74.5 Å². The lowest BCUT2D eigenvalue weighted by molar-refractivity contribution is -0.135. The first-order valence-corrected chi connectivity index (χ1v) is 41.1. The molecule has 6 heterocycles. The molecule has 104 heavy (non-hydrogen) atoms. The Labute approximate surface area is 610 Å². The van der Waals surface area contributed by atoms with Crippen LogP contribution in [0.3, 0.4) is 0 Å². The molecule has 0 atom stereocenters. The molecule has 2 aliphatic rings. The zero-order chi connectivity index (χ0) is 80.0. The zero-order valence-electron chi connectivity index (χ0n) is 64.1. The van der Waals surface area contributed by atoms with Gasteiger partial charge in [0.2, 0.25) is 46.7 Å². The first-order chi connectivity index (χ1) is 47.0. The number of nitrogens with zero attached hydrogens (tertiary/aromatic N) is 4. The summed E-state index contributed by atoms with van der Waals surface area (Å²) in [6.45, 7) is 37.9. The number of hydrogen-bond acceptors (Lipinski definition) is 22. The van der Waals surface area contributed by atoms with Crippen LogP contribution in [-0.4, -0.2) is 157 Å². The summed E-state index contributed by atoms with van der Waals surface area (Å²) < 4.78 is 200. The number of sulfone groups is 4. The second-order valence-electron chi connectivity index (χ2n) is 33.1. The van der Waals surface area contributed by atoms with E-state index < -0.39 is 119 Å². The summed E-state index contributed by atoms with van der Waals surface area (Å²) >= 11 is 0. The van der Waals surface area contributed by atoms with E-state index in [9.17, 15) is 79.2 Å². The van der Waals surface area contributed by atoms with Gasteiger partial charge in [0, 0.05) is 111 Å². The summed E-state index contributed by atoms with van der Waals surface area (Å²) in [6.07, 6.45) is -9.46. The standard InChI is InChI=1S/C18H30N2O5S.C18H29NO5S.C17H27F3N2O4S.C17H26F3NO4S/c1-17(2,3)14-12-16(25-20-14)19-15(21)6-9-18(4,5)26(22,23)13-7-10-24-11-8-13;1-17(2,3)16-12-15(24-19-16)14(20)6-9-18(4,5)25(21,22)13-7-10-23-11-8-13;1-15(2,3)12-11-14(26-22-12)21-13(23)7-9-16(4,5)27(24,25)10-6-8-17(18,19)20;1-15(2,3)14-11-13(25-21-14)12(22)7-9-16(4,5)26(23,24)10-6-8-17(18,19)20/h12-13H,6-11H2,1-5H3,(H,19,21);12-13H,6-11H2,1-5H3;11H,6-10H2,1-5H3,(H,21,23);11H,6-10H2,1-5H3. The number of anilines is 2. The van der Waals surface area contributed by atoms with Crippen LogP contribution in [0.4, 0.5) is 38.1 Å². The van der Waals surface area contributed by atoms with Crippen molar-refractivity contribution in [2.24, 2.45) is 0 Å². The number of halogens is 6. The predicted octanol–water partition coefficient (Wildman–Crippen LogP) is 15.1. The highest BCUT2D eigenvalue weighted by Gasteiger charge is 2.44. The van der Waals surface area contributed by atoms with Crippen LogP contribution >= 0.6 is 0 Å². The van der Waals surface area contributed by atoms with E-state index in [1.54, 1.807) is 45.9 Å². The molecular formula is C70H112F6N6O18S4. The average molecular weight is 1570 g/mol. The number of alkyl halides is 6. The third-order valence-corrected chi connectivity index (χ3v) is 29.8. The largest absolute Gasteiger partial charge is 0.389 e. The highest BCUT2D eigenvalue weighted by Crippen LogP contribution is 2.36. The molecule has 2 saturated heterocycles. The average Bonchev–Trinajstić information content (AvgIpc) is 1.07. The number of amides is 2. The second-order valence-corrected chi connectivity index (χ2v) is 44.3. The first-order valence-electron chi connectivity index (χ1n) is 34.7. The molecule has 2 N–H and O–H groups in total. The number of ketones is 2. The molecule has 0 unspecified atom stereocenters. The fraction of sp³-hybridized carbons (Fsp3) is 0.771. The van der Waals surface area contributed by atoms with Crippen LogP contribution in [0.5, 0.6) is 0 Å². The van der Waals surface area contributed by atoms with Crippen molar-refractivity contribution in [1.29, 1.82) is 0 Å². The number of ether oxygens (including phenoxy) is 2. The maximum atomic E-state index is 12.9. The van der Waals surface area contributed by atoms with E-state index in [0.717, 1.165) is 5.69 Å². The summed E-state index contributed by atoms with van der Waals surface area (Å²) in [5.41, 5.74) is 1.81. The van der Waals surface area contributed by atoms with Gasteiger partial charge >= 0.3 is 12.4 Å². The van der Waals surface area contributed by atoms with Gasteiger partial charge in [0.25, 0.3) is 0 Å². The molecule has 2 aliphatic heterocycles. The Kier molecular flexibility index (Phi) is 32.1. The van der Waals surface area contributed by atoms with Crippen molar-refractivity contribution in [1.82, 2.24) is 20.6 Å². The van der Waals surface area contributed by atoms with E-state index in [1.165, 1.54) is 33.8 Å². The van der Waals surface area contributed by atoms with Gasteiger partial charge in [0.1, 0.15) is 0 Å². The van der Waals surface area contributed by atoms with Crippen LogP contribution in [0.25, 0.3) is 0 Å². The number of carbonyl (C=O) groups excluding carboxylic acids is 4. The number of Topliss-reactive ketones (excluding diaryl/α,β-unsaturated/α-hetero) is 2. The van der Waals surface area contributed by atoms with Gasteiger partial charge in [-0.25, -0.2) is 33.7 Å². The number of nitrogens with one attached hydrogen (secondary N) is 2. The van der Waals surface area contributed by atoms with E-state index in [0.29, 0.717) is 69.2 Å². The van der Waals surface area contributed by atoms with Crippen molar-refractivity contribution in [2.45, 2.75) is 305 Å². The third kappa shape index (κ3) is 28.9. The summed E-state index contributed by atoms with van der Waals surface area (Å²) in [5.74, 6) is -1.76. The number of rotatable bonds is 28. The summed E-state index contributed by atoms with van der Waals surface area (Å²) in [7, 11) is -14.2. The van der Waals surface area contributed by atoms with Crippen LogP contribution < -0.4 is 10.6 Å².